The molecular weight excluding hydrogens is 274 g/mol. The van der Waals surface area contributed by atoms with Crippen molar-refractivity contribution in [3.63, 3.8) is 0 Å². The number of amides is 1. The number of aromatic carboxylic acids is 1. The van der Waals surface area contributed by atoms with Crippen molar-refractivity contribution in [2.24, 2.45) is 0 Å². The van der Waals surface area contributed by atoms with E-state index in [1.165, 1.54) is 18.2 Å². The van der Waals surface area contributed by atoms with E-state index in [1.807, 2.05) is 0 Å². The minimum atomic E-state index is -1.14. The zero-order valence-corrected chi connectivity index (χ0v) is 11.9. The molecule has 0 fully saturated rings. The number of aryl methyl sites for hydroxylation is 2. The molecule has 0 radical (unpaired) electrons. The molecule has 0 atom stereocenters. The number of carboxylic acid groups (broad SMARTS) is 1. The van der Waals surface area contributed by atoms with Crippen LogP contribution >= 0.6 is 0 Å². The summed E-state index contributed by atoms with van der Waals surface area (Å²) in [7, 11) is 0. The van der Waals surface area contributed by atoms with E-state index >= 15 is 0 Å². The first-order valence-corrected chi connectivity index (χ1v) is 6.25. The number of rotatable bonds is 3. The Morgan fingerprint density at radius 1 is 1.14 bits per heavy atom. The molecule has 110 valence electrons. The highest BCUT2D eigenvalue weighted by Gasteiger charge is 2.20. The summed E-state index contributed by atoms with van der Waals surface area (Å²) < 4.78 is 5.38. The van der Waals surface area contributed by atoms with Crippen molar-refractivity contribution < 1.29 is 24.2 Å². The molecule has 2 rings (SSSR count). The summed E-state index contributed by atoms with van der Waals surface area (Å²) in [6, 6.07) is 3.68. The van der Waals surface area contributed by atoms with Gasteiger partial charge < -0.3 is 19.9 Å². The molecule has 0 saturated heterocycles. The third kappa shape index (κ3) is 2.74. The monoisotopic (exact) mass is 289 g/mol. The second kappa shape index (κ2) is 5.32. The van der Waals surface area contributed by atoms with Gasteiger partial charge in [0.15, 0.2) is 0 Å². The molecular formula is C15H15NO5. The Balaban J connectivity index is 2.35. The van der Waals surface area contributed by atoms with Crippen LogP contribution in [0.1, 0.15) is 37.8 Å². The minimum absolute atomic E-state index is 0.0279. The zero-order chi connectivity index (χ0) is 15.7. The van der Waals surface area contributed by atoms with Crippen LogP contribution in [-0.4, -0.2) is 22.1 Å². The highest BCUT2D eigenvalue weighted by molar-refractivity contribution is 6.07. The Morgan fingerprint density at radius 3 is 2.33 bits per heavy atom. The predicted octanol–water partition coefficient (Wildman–Crippen LogP) is 2.86. The van der Waals surface area contributed by atoms with Gasteiger partial charge in [-0.3, -0.25) is 4.79 Å². The largest absolute Gasteiger partial charge is 0.506 e. The van der Waals surface area contributed by atoms with Crippen LogP contribution in [-0.2, 0) is 0 Å². The van der Waals surface area contributed by atoms with Gasteiger partial charge >= 0.3 is 5.97 Å². The maximum Gasteiger partial charge on any atom is 0.335 e. The molecule has 3 N–H and O–H groups in total. The Morgan fingerprint density at radius 2 is 1.81 bits per heavy atom. The van der Waals surface area contributed by atoms with E-state index in [2.05, 4.69) is 5.32 Å². The Bertz CT molecular complexity index is 730. The molecule has 6 heteroatoms. The first-order valence-electron chi connectivity index (χ1n) is 6.25. The first kappa shape index (κ1) is 14.6. The summed E-state index contributed by atoms with van der Waals surface area (Å²) in [4.78, 5) is 23.2. The molecule has 0 aliphatic carbocycles. The van der Waals surface area contributed by atoms with Gasteiger partial charge in [0.2, 0.25) is 0 Å². The number of phenolic OH excluding ortho intramolecular Hbond substituents is 1. The molecule has 1 amide bonds. The fraction of sp³-hybridized carbons (Fsp3) is 0.200. The highest BCUT2D eigenvalue weighted by Crippen LogP contribution is 2.27. The third-order valence-corrected chi connectivity index (χ3v) is 3.28. The van der Waals surface area contributed by atoms with Crippen molar-refractivity contribution in [1.29, 1.82) is 0 Å². The SMILES string of the molecule is Cc1oc(C)c(C(=O)Nc2cc(C(=O)O)ccc2O)c1C. The summed E-state index contributed by atoms with van der Waals surface area (Å²) in [6.07, 6.45) is 0. The lowest BCUT2D eigenvalue weighted by atomic mass is 10.1. The van der Waals surface area contributed by atoms with Gasteiger partial charge in [-0.25, -0.2) is 4.79 Å². The van der Waals surface area contributed by atoms with Gasteiger partial charge in [-0.1, -0.05) is 0 Å². The first-order chi connectivity index (χ1) is 9.81. The Labute approximate surface area is 121 Å². The molecule has 0 aliphatic heterocycles. The number of nitrogens with one attached hydrogen (secondary N) is 1. The quantitative estimate of drug-likeness (QED) is 0.754. The number of hydrogen-bond donors (Lipinski definition) is 3. The van der Waals surface area contributed by atoms with Crippen LogP contribution in [0.2, 0.25) is 0 Å². The smallest absolute Gasteiger partial charge is 0.335 e. The third-order valence-electron chi connectivity index (χ3n) is 3.28. The van der Waals surface area contributed by atoms with Crippen LogP contribution in [0, 0.1) is 20.8 Å². The van der Waals surface area contributed by atoms with Crippen LogP contribution in [0.4, 0.5) is 5.69 Å². The van der Waals surface area contributed by atoms with Crippen molar-refractivity contribution in [2.45, 2.75) is 20.8 Å². The number of anilines is 1. The van der Waals surface area contributed by atoms with Crippen molar-refractivity contribution in [1.82, 2.24) is 0 Å². The van der Waals surface area contributed by atoms with E-state index < -0.39 is 11.9 Å². The van der Waals surface area contributed by atoms with Crippen LogP contribution in [0.3, 0.4) is 0 Å². The molecule has 0 spiro atoms. The van der Waals surface area contributed by atoms with Crippen LogP contribution in [0.25, 0.3) is 0 Å². The number of benzene rings is 1. The molecule has 0 saturated carbocycles. The summed E-state index contributed by atoms with van der Waals surface area (Å²) in [5.41, 5.74) is 1.10. The second-order valence-corrected chi connectivity index (χ2v) is 4.71. The molecule has 1 aromatic heterocycles. The van der Waals surface area contributed by atoms with Gasteiger partial charge in [0.05, 0.1) is 16.8 Å². The number of furan rings is 1. The lowest BCUT2D eigenvalue weighted by Crippen LogP contribution is -2.14. The van der Waals surface area contributed by atoms with Gasteiger partial charge in [-0.15, -0.1) is 0 Å². The van der Waals surface area contributed by atoms with Gasteiger partial charge in [-0.2, -0.15) is 0 Å². The molecule has 6 nitrogen and oxygen atoms in total. The van der Waals surface area contributed by atoms with E-state index in [1.54, 1.807) is 20.8 Å². The molecule has 0 aliphatic rings. The number of hydrogen-bond acceptors (Lipinski definition) is 4. The Hall–Kier alpha value is -2.76. The van der Waals surface area contributed by atoms with E-state index in [9.17, 15) is 14.7 Å². The zero-order valence-electron chi connectivity index (χ0n) is 11.9. The van der Waals surface area contributed by atoms with Crippen molar-refractivity contribution in [2.75, 3.05) is 5.32 Å². The highest BCUT2D eigenvalue weighted by atomic mass is 16.4. The van der Waals surface area contributed by atoms with Gasteiger partial charge in [0.25, 0.3) is 5.91 Å². The summed E-state index contributed by atoms with van der Waals surface area (Å²) in [5, 5.41) is 21.2. The van der Waals surface area contributed by atoms with Crippen molar-refractivity contribution >= 4 is 17.6 Å². The van der Waals surface area contributed by atoms with Crippen LogP contribution in [0.15, 0.2) is 22.6 Å². The van der Waals surface area contributed by atoms with E-state index in [0.717, 1.165) is 0 Å². The Kier molecular flexibility index (Phi) is 3.71. The molecule has 1 heterocycles. The summed E-state index contributed by atoms with van der Waals surface area (Å²) in [6.45, 7) is 5.18. The number of phenols is 1. The average molecular weight is 289 g/mol. The van der Waals surface area contributed by atoms with E-state index in [4.69, 9.17) is 9.52 Å². The predicted molar refractivity (Wildman–Crippen MR) is 75.9 cm³/mol. The van der Waals surface area contributed by atoms with Crippen LogP contribution in [0.5, 0.6) is 5.75 Å². The molecule has 2 aromatic rings. The lowest BCUT2D eigenvalue weighted by Gasteiger charge is -2.08. The molecule has 1 aromatic carbocycles. The molecule has 0 unspecified atom stereocenters. The fourth-order valence-corrected chi connectivity index (χ4v) is 2.08. The van der Waals surface area contributed by atoms with Crippen LogP contribution < -0.4 is 5.32 Å². The maximum atomic E-state index is 12.3. The van der Waals surface area contributed by atoms with Crippen molar-refractivity contribution in [3.8, 4) is 5.75 Å². The van der Waals surface area contributed by atoms with E-state index in [-0.39, 0.29) is 17.0 Å². The summed E-state index contributed by atoms with van der Waals surface area (Å²) >= 11 is 0. The molecule has 21 heavy (non-hydrogen) atoms. The maximum absolute atomic E-state index is 12.3. The minimum Gasteiger partial charge on any atom is -0.506 e. The molecule has 0 bridgehead atoms. The number of carbonyl (C=O) groups is 2. The van der Waals surface area contributed by atoms with E-state index in [0.29, 0.717) is 22.6 Å². The second-order valence-electron chi connectivity index (χ2n) is 4.71. The lowest BCUT2D eigenvalue weighted by molar-refractivity contribution is 0.0696. The average Bonchev–Trinajstić information content (AvgIpc) is 2.65. The summed E-state index contributed by atoms with van der Waals surface area (Å²) in [5.74, 6) is -0.696. The van der Waals surface area contributed by atoms with Crippen molar-refractivity contribution in [3.05, 3.63) is 46.4 Å². The fourth-order valence-electron chi connectivity index (χ4n) is 2.08. The topological polar surface area (TPSA) is 99.8 Å². The normalized spacial score (nSPS) is 10.4. The van der Waals surface area contributed by atoms with Gasteiger partial charge in [0, 0.05) is 5.56 Å². The van der Waals surface area contributed by atoms with Gasteiger partial charge in [-0.05, 0) is 39.0 Å². The standard InChI is InChI=1S/C15H15NO5/c1-7-8(2)21-9(3)13(7)14(18)16-11-6-10(15(19)20)4-5-12(11)17/h4-6,17H,1-3H3,(H,16,18)(H,19,20). The number of carbonyl (C=O) groups excluding carboxylic acids is 1. The number of aromatic hydroxyl groups is 1. The number of carboxylic acids is 1. The van der Waals surface area contributed by atoms with Gasteiger partial charge in [0.1, 0.15) is 17.3 Å².